The molecule has 2 rings (SSSR count). The summed E-state index contributed by atoms with van der Waals surface area (Å²) in [5.74, 6) is 0. The Morgan fingerprint density at radius 2 is 2.38 bits per heavy atom. The smallest absolute Gasteiger partial charge is 0.250 e. The van der Waals surface area contributed by atoms with Gasteiger partial charge < -0.3 is 9.47 Å². The molecule has 2 heterocycles. The third kappa shape index (κ3) is 1.65. The van der Waals surface area contributed by atoms with E-state index in [1.807, 2.05) is 12.3 Å². The zero-order chi connectivity index (χ0) is 9.26. The van der Waals surface area contributed by atoms with Gasteiger partial charge in [-0.15, -0.1) is 0 Å². The Bertz CT molecular complexity index is 345. The molecule has 1 atom stereocenters. The maximum atomic E-state index is 11.3. The zero-order valence-electron chi connectivity index (χ0n) is 7.81. The Hall–Kier alpha value is -1.09. The molecule has 0 unspecified atom stereocenters. The molecule has 70 valence electrons. The van der Waals surface area contributed by atoms with Gasteiger partial charge in [-0.25, -0.2) is 0 Å². The Kier molecular flexibility index (Phi) is 2.19. The minimum absolute atomic E-state index is 0.0998. The van der Waals surface area contributed by atoms with Crippen molar-refractivity contribution >= 4 is 0 Å². The van der Waals surface area contributed by atoms with Crippen LogP contribution in [0.4, 0.5) is 0 Å². The molecule has 3 heteroatoms. The number of hydrogen-bond acceptors (Lipinski definition) is 2. The summed E-state index contributed by atoms with van der Waals surface area (Å²) in [7, 11) is 2.10. The average molecular weight is 178 g/mol. The highest BCUT2D eigenvalue weighted by molar-refractivity contribution is 4.94. The van der Waals surface area contributed by atoms with Gasteiger partial charge in [-0.3, -0.25) is 4.79 Å². The van der Waals surface area contributed by atoms with E-state index < -0.39 is 0 Å². The minimum atomic E-state index is 0.0998. The predicted molar refractivity (Wildman–Crippen MR) is 51.7 cm³/mol. The van der Waals surface area contributed by atoms with Crippen molar-refractivity contribution in [2.45, 2.75) is 19.0 Å². The van der Waals surface area contributed by atoms with Gasteiger partial charge >= 0.3 is 0 Å². The molecule has 1 aliphatic rings. The fourth-order valence-corrected chi connectivity index (χ4v) is 1.64. The van der Waals surface area contributed by atoms with Gasteiger partial charge in [-0.05, 0) is 26.1 Å². The van der Waals surface area contributed by atoms with Gasteiger partial charge in [0.2, 0.25) is 0 Å². The van der Waals surface area contributed by atoms with Crippen LogP contribution >= 0.6 is 0 Å². The van der Waals surface area contributed by atoms with Crippen LogP contribution in [-0.2, 0) is 6.54 Å². The first-order chi connectivity index (χ1) is 6.27. The van der Waals surface area contributed by atoms with Crippen molar-refractivity contribution in [3.63, 3.8) is 0 Å². The predicted octanol–water partition coefficient (Wildman–Crippen LogP) is 0.552. The second-order valence-corrected chi connectivity index (χ2v) is 3.61. The summed E-state index contributed by atoms with van der Waals surface area (Å²) in [6, 6.07) is 5.85. The first-order valence-corrected chi connectivity index (χ1v) is 4.63. The lowest BCUT2D eigenvalue weighted by Crippen LogP contribution is -2.48. The van der Waals surface area contributed by atoms with Crippen LogP contribution in [-0.4, -0.2) is 29.1 Å². The average Bonchev–Trinajstić information content (AvgIpc) is 2.14. The molecule has 1 aromatic rings. The number of likely N-dealkylation sites (tertiary alicyclic amines) is 1. The van der Waals surface area contributed by atoms with Crippen LogP contribution in [0.25, 0.3) is 0 Å². The van der Waals surface area contributed by atoms with E-state index in [9.17, 15) is 4.79 Å². The minimum Gasteiger partial charge on any atom is -0.314 e. The highest BCUT2D eigenvalue weighted by Crippen LogP contribution is 2.15. The molecule has 0 aromatic carbocycles. The van der Waals surface area contributed by atoms with Crippen LogP contribution in [0.2, 0.25) is 0 Å². The van der Waals surface area contributed by atoms with Gasteiger partial charge in [0.25, 0.3) is 5.56 Å². The zero-order valence-corrected chi connectivity index (χ0v) is 7.81. The second-order valence-electron chi connectivity index (χ2n) is 3.61. The molecular formula is C10H14N2O. The van der Waals surface area contributed by atoms with Crippen LogP contribution in [0.5, 0.6) is 0 Å². The number of rotatable bonds is 2. The van der Waals surface area contributed by atoms with Gasteiger partial charge in [0, 0.05) is 24.8 Å². The lowest BCUT2D eigenvalue weighted by atomic mass is 10.0. The fraction of sp³-hybridized carbons (Fsp3) is 0.500. The van der Waals surface area contributed by atoms with Crippen LogP contribution < -0.4 is 5.56 Å². The fourth-order valence-electron chi connectivity index (χ4n) is 1.64. The number of aromatic nitrogens is 1. The number of hydrogen-bond donors (Lipinski definition) is 0. The van der Waals surface area contributed by atoms with Crippen LogP contribution in [0, 0.1) is 0 Å². The molecule has 1 aromatic heterocycles. The molecule has 1 fully saturated rings. The number of likely N-dealkylation sites (N-methyl/N-ethyl adjacent to an activating group) is 1. The van der Waals surface area contributed by atoms with Crippen molar-refractivity contribution < 1.29 is 0 Å². The molecule has 0 radical (unpaired) electrons. The number of pyridine rings is 1. The van der Waals surface area contributed by atoms with E-state index in [0.717, 1.165) is 13.1 Å². The molecule has 0 N–H and O–H groups in total. The summed E-state index contributed by atoms with van der Waals surface area (Å²) in [4.78, 5) is 13.6. The molecule has 1 saturated heterocycles. The van der Waals surface area contributed by atoms with Crippen molar-refractivity contribution in [2.24, 2.45) is 0 Å². The summed E-state index contributed by atoms with van der Waals surface area (Å²) in [6.45, 7) is 1.99. The van der Waals surface area contributed by atoms with Gasteiger partial charge in [-0.2, -0.15) is 0 Å². The molecule has 0 aliphatic carbocycles. The Labute approximate surface area is 77.6 Å². The molecule has 0 bridgehead atoms. The molecule has 0 spiro atoms. The maximum absolute atomic E-state index is 11.3. The Morgan fingerprint density at radius 1 is 1.54 bits per heavy atom. The lowest BCUT2D eigenvalue weighted by molar-refractivity contribution is 0.109. The maximum Gasteiger partial charge on any atom is 0.250 e. The van der Waals surface area contributed by atoms with Crippen molar-refractivity contribution in [2.75, 3.05) is 13.6 Å². The number of nitrogens with zero attached hydrogens (tertiary/aromatic N) is 2. The van der Waals surface area contributed by atoms with Crippen LogP contribution in [0.15, 0.2) is 29.2 Å². The van der Waals surface area contributed by atoms with E-state index in [2.05, 4.69) is 11.9 Å². The van der Waals surface area contributed by atoms with Crippen LogP contribution in [0.3, 0.4) is 0 Å². The third-order valence-electron chi connectivity index (χ3n) is 2.74. The van der Waals surface area contributed by atoms with E-state index in [-0.39, 0.29) is 5.56 Å². The summed E-state index contributed by atoms with van der Waals surface area (Å²) in [5, 5.41) is 0. The van der Waals surface area contributed by atoms with Crippen molar-refractivity contribution in [3.8, 4) is 0 Å². The van der Waals surface area contributed by atoms with Crippen molar-refractivity contribution in [3.05, 3.63) is 34.7 Å². The molecule has 13 heavy (non-hydrogen) atoms. The molecule has 3 nitrogen and oxygen atoms in total. The summed E-state index contributed by atoms with van der Waals surface area (Å²) in [6.07, 6.45) is 3.06. The van der Waals surface area contributed by atoms with Gasteiger partial charge in [0.1, 0.15) is 0 Å². The van der Waals surface area contributed by atoms with Gasteiger partial charge in [0.05, 0.1) is 0 Å². The molecular weight excluding hydrogens is 164 g/mol. The summed E-state index contributed by atoms with van der Waals surface area (Å²) in [5.41, 5.74) is 0.0998. The summed E-state index contributed by atoms with van der Waals surface area (Å²) < 4.78 is 1.78. The Balaban J connectivity index is 2.09. The normalized spacial score (nSPS) is 22.7. The van der Waals surface area contributed by atoms with E-state index in [1.165, 1.54) is 6.42 Å². The SMILES string of the molecule is CN1CC[C@H]1Cn1ccccc1=O. The lowest BCUT2D eigenvalue weighted by Gasteiger charge is -2.38. The standard InChI is InChI=1S/C10H14N2O/c1-11-7-5-9(11)8-12-6-3-2-4-10(12)13/h2-4,6,9H,5,7-8H2,1H3/t9-/m0/s1. The highest BCUT2D eigenvalue weighted by atomic mass is 16.1. The summed E-state index contributed by atoms with van der Waals surface area (Å²) >= 11 is 0. The van der Waals surface area contributed by atoms with Crippen LogP contribution in [0.1, 0.15) is 6.42 Å². The van der Waals surface area contributed by atoms with E-state index in [1.54, 1.807) is 16.7 Å². The molecule has 1 aliphatic heterocycles. The van der Waals surface area contributed by atoms with E-state index in [4.69, 9.17) is 0 Å². The second kappa shape index (κ2) is 3.34. The largest absolute Gasteiger partial charge is 0.314 e. The highest BCUT2D eigenvalue weighted by Gasteiger charge is 2.23. The quantitative estimate of drug-likeness (QED) is 0.661. The van der Waals surface area contributed by atoms with E-state index >= 15 is 0 Å². The van der Waals surface area contributed by atoms with Crippen molar-refractivity contribution in [1.82, 2.24) is 9.47 Å². The van der Waals surface area contributed by atoms with Gasteiger partial charge in [-0.1, -0.05) is 6.07 Å². The Morgan fingerprint density at radius 3 is 2.92 bits per heavy atom. The van der Waals surface area contributed by atoms with E-state index in [0.29, 0.717) is 6.04 Å². The molecule has 0 amide bonds. The van der Waals surface area contributed by atoms with Gasteiger partial charge in [0.15, 0.2) is 0 Å². The first-order valence-electron chi connectivity index (χ1n) is 4.63. The topological polar surface area (TPSA) is 25.2 Å². The first kappa shape index (κ1) is 8.51. The monoisotopic (exact) mass is 178 g/mol. The third-order valence-corrected chi connectivity index (χ3v) is 2.74. The van der Waals surface area contributed by atoms with Crippen molar-refractivity contribution in [1.29, 1.82) is 0 Å². The molecule has 0 saturated carbocycles.